The molecule has 0 spiro atoms. The third-order valence-corrected chi connectivity index (χ3v) is 12.8. The number of nitrogens with one attached hydrogen (secondary N) is 1. The number of ether oxygens (including phenoxy) is 4. The Balaban J connectivity index is -0.000000691. The van der Waals surface area contributed by atoms with Crippen molar-refractivity contribution in [3.05, 3.63) is 24.3 Å². The van der Waals surface area contributed by atoms with Crippen molar-refractivity contribution in [2.75, 3.05) is 53.3 Å². The van der Waals surface area contributed by atoms with Gasteiger partial charge < -0.3 is 43.3 Å². The Hall–Kier alpha value is -1.92. The molecule has 0 aromatic carbocycles. The highest BCUT2D eigenvalue weighted by Crippen LogP contribution is 2.32. The first kappa shape index (κ1) is 77.6. The maximum atomic E-state index is 12.1. The van der Waals surface area contributed by atoms with Gasteiger partial charge in [0.15, 0.2) is 6.10 Å². The maximum Gasteiger partial charge on any atom is 0.330 e. The van der Waals surface area contributed by atoms with E-state index >= 15 is 0 Å². The molecule has 436 valence electrons. The van der Waals surface area contributed by atoms with Gasteiger partial charge in [-0.25, -0.2) is 0 Å². The van der Waals surface area contributed by atoms with Crippen molar-refractivity contribution < 1.29 is 52.4 Å². The molecule has 3 N–H and O–H groups in total. The number of methoxy groups -OCH3 is 1. The molecular weight excluding hydrogens is 942 g/mol. The number of hydrogen-bond acceptors (Lipinski definition) is 11. The minimum absolute atomic E-state index is 0.0659. The highest BCUT2D eigenvalue weighted by atomic mass is 31.2. The summed E-state index contributed by atoms with van der Waals surface area (Å²) in [5.41, 5.74) is -0.158. The lowest BCUT2D eigenvalue weighted by Gasteiger charge is -2.20. The molecule has 12 nitrogen and oxygen atoms in total. The Morgan fingerprint density at radius 1 is 0.603 bits per heavy atom. The van der Waals surface area contributed by atoms with E-state index in [9.17, 15) is 19.3 Å². The monoisotopic (exact) mass is 1060 g/mol. The summed E-state index contributed by atoms with van der Waals surface area (Å²) in [4.78, 5) is 44.7. The molecule has 0 heterocycles. The van der Waals surface area contributed by atoms with E-state index < -0.39 is 14.7 Å². The molecule has 0 rings (SSSR count). The lowest BCUT2D eigenvalue weighted by atomic mass is 10.1. The van der Waals surface area contributed by atoms with Gasteiger partial charge in [0.25, 0.3) is 6.47 Å². The summed E-state index contributed by atoms with van der Waals surface area (Å²) < 4.78 is 31.1. The maximum absolute atomic E-state index is 12.1. The van der Waals surface area contributed by atoms with Crippen molar-refractivity contribution in [2.24, 2.45) is 5.92 Å². The van der Waals surface area contributed by atoms with Gasteiger partial charge in [0, 0.05) is 46.3 Å². The highest BCUT2D eigenvalue weighted by Gasteiger charge is 2.17. The summed E-state index contributed by atoms with van der Waals surface area (Å²) >= 11 is 0. The zero-order valence-electron chi connectivity index (χ0n) is 49.3. The van der Waals surface area contributed by atoms with Gasteiger partial charge in [-0.1, -0.05) is 188 Å². The highest BCUT2D eigenvalue weighted by molar-refractivity contribution is 7.40. The molecule has 73 heavy (non-hydrogen) atoms. The van der Waals surface area contributed by atoms with Gasteiger partial charge in [-0.3, -0.25) is 14.4 Å². The van der Waals surface area contributed by atoms with Crippen molar-refractivity contribution in [3.63, 3.8) is 0 Å². The van der Waals surface area contributed by atoms with E-state index in [4.69, 9.17) is 33.1 Å². The van der Waals surface area contributed by atoms with E-state index in [2.05, 4.69) is 64.2 Å². The fourth-order valence-corrected chi connectivity index (χ4v) is 7.61. The number of allylic oxidation sites excluding steroid dienone is 4. The average molecular weight is 1060 g/mol. The van der Waals surface area contributed by atoms with Gasteiger partial charge in [-0.05, 0) is 103 Å². The number of rotatable bonds is 51. The molecule has 0 aliphatic heterocycles. The van der Waals surface area contributed by atoms with Crippen molar-refractivity contribution >= 4 is 27.0 Å². The van der Waals surface area contributed by atoms with Crippen LogP contribution in [-0.4, -0.2) is 93.3 Å². The Bertz CT molecular complexity index is 1140. The van der Waals surface area contributed by atoms with Crippen LogP contribution >= 0.6 is 8.60 Å². The van der Waals surface area contributed by atoms with E-state index in [1.54, 1.807) is 7.11 Å². The second kappa shape index (κ2) is 66.2. The molecule has 0 saturated carbocycles. The number of esters is 1. The summed E-state index contributed by atoms with van der Waals surface area (Å²) in [5, 5.41) is 11.2. The zero-order chi connectivity index (χ0) is 55.2. The van der Waals surface area contributed by atoms with Crippen LogP contribution in [0.15, 0.2) is 24.3 Å². The Labute approximate surface area is 452 Å². The summed E-state index contributed by atoms with van der Waals surface area (Å²) in [5.74, 6) is 0.173. The van der Waals surface area contributed by atoms with E-state index in [0.29, 0.717) is 31.8 Å². The summed E-state index contributed by atoms with van der Waals surface area (Å²) in [6, 6.07) is 0. The lowest BCUT2D eigenvalue weighted by Crippen LogP contribution is -2.27. The zero-order valence-corrected chi connectivity index (χ0v) is 50.2. The fraction of sp³-hybridized carbons (Fsp3) is 0.883. The summed E-state index contributed by atoms with van der Waals surface area (Å²) in [6.07, 6.45) is 47.6. The standard InChI is InChI=1S/C34H64NO9P.C18H36.C6H14O2.C2H6/c1-4-5-6-7-8-9-10-11-12-13-14-15-16-17-18-22-34(38)41-28-32(42-30-36)29-44-45(39)43-27-24-35-33(37)21-19-20-25-40-26-23-31(2)3;1-3-5-7-9-11-13-15-17-18-16-14-12-10-8-6-4-2;1-6(2,8-3)4-5-7;1-2/h11-12,30-32,39H,4-10,13-29H2,1-3H3,(H,35,37);17-18H,3-16H2,1-2H3;7H,4-5H2,1-3H3;1-2H3/b12-11-;18-17-;;. The van der Waals surface area contributed by atoms with E-state index in [1.807, 2.05) is 27.7 Å². The van der Waals surface area contributed by atoms with E-state index in [-0.39, 0.29) is 56.9 Å². The average Bonchev–Trinajstić information content (AvgIpc) is 3.38. The largest absolute Gasteiger partial charge is 0.462 e. The number of carbonyl (C=O) groups is 3. The third-order valence-electron chi connectivity index (χ3n) is 12.0. The predicted octanol–water partition coefficient (Wildman–Crippen LogP) is 16.6. The van der Waals surface area contributed by atoms with Crippen LogP contribution in [0.4, 0.5) is 0 Å². The number of unbranched alkanes of at least 4 members (excludes halogenated alkanes) is 24. The molecule has 0 saturated heterocycles. The molecule has 0 aromatic heterocycles. The summed E-state index contributed by atoms with van der Waals surface area (Å²) in [6.45, 7) is 20.8. The first-order valence-corrected chi connectivity index (χ1v) is 30.9. The second-order valence-corrected chi connectivity index (χ2v) is 20.9. The topological polar surface area (TPSA) is 159 Å². The summed E-state index contributed by atoms with van der Waals surface area (Å²) in [7, 11) is -0.591. The molecule has 0 aromatic rings. The molecule has 13 heteroatoms. The Morgan fingerprint density at radius 3 is 1.48 bits per heavy atom. The first-order chi connectivity index (χ1) is 35.4. The van der Waals surface area contributed by atoms with Crippen molar-refractivity contribution in [3.8, 4) is 0 Å². The van der Waals surface area contributed by atoms with Crippen LogP contribution in [-0.2, 0) is 42.4 Å². The molecule has 0 fully saturated rings. The lowest BCUT2D eigenvalue weighted by molar-refractivity contribution is -0.153. The minimum Gasteiger partial charge on any atom is -0.462 e. The molecule has 1 amide bonds. The molecular formula is C60H120NO11P. The van der Waals surface area contributed by atoms with Crippen LogP contribution in [0.5, 0.6) is 0 Å². The number of aliphatic hydroxyl groups is 1. The van der Waals surface area contributed by atoms with Gasteiger partial charge in [-0.2, -0.15) is 0 Å². The van der Waals surface area contributed by atoms with Gasteiger partial charge in [0.1, 0.15) is 6.61 Å². The quantitative estimate of drug-likeness (QED) is 0.0175. The normalized spacial score (nSPS) is 12.1. The Morgan fingerprint density at radius 2 is 1.05 bits per heavy atom. The van der Waals surface area contributed by atoms with Gasteiger partial charge in [0.05, 0.1) is 18.8 Å². The number of hydrogen-bond donors (Lipinski definition) is 3. The van der Waals surface area contributed by atoms with E-state index in [0.717, 1.165) is 58.0 Å². The van der Waals surface area contributed by atoms with Crippen LogP contribution < -0.4 is 5.32 Å². The van der Waals surface area contributed by atoms with Crippen molar-refractivity contribution in [1.82, 2.24) is 5.32 Å². The van der Waals surface area contributed by atoms with Crippen molar-refractivity contribution in [2.45, 2.75) is 286 Å². The van der Waals surface area contributed by atoms with Crippen LogP contribution in [0.25, 0.3) is 0 Å². The predicted molar refractivity (Wildman–Crippen MR) is 309 cm³/mol. The Kier molecular flexibility index (Phi) is 70.3. The third kappa shape index (κ3) is 72.2. The molecule has 2 unspecified atom stereocenters. The fourth-order valence-electron chi connectivity index (χ4n) is 6.99. The number of carbonyl (C=O) groups excluding carboxylic acids is 3. The van der Waals surface area contributed by atoms with Crippen LogP contribution in [0, 0.1) is 5.92 Å². The van der Waals surface area contributed by atoms with Gasteiger partial charge >= 0.3 is 14.6 Å². The van der Waals surface area contributed by atoms with Crippen LogP contribution in [0.2, 0.25) is 0 Å². The van der Waals surface area contributed by atoms with Gasteiger partial charge in [0.2, 0.25) is 5.91 Å². The molecule has 0 radical (unpaired) electrons. The molecule has 2 atom stereocenters. The smallest absolute Gasteiger partial charge is 0.330 e. The molecule has 0 aliphatic rings. The SMILES string of the molecule is CC.CCCCCCCC/C=C\CCCCCCCC.CCCCCCCC/C=C\CCCCCCCC(=O)OCC(COP(O)OCCNC(=O)CCCCOCCC(C)C)OC=O.COC(C)(C)CCO. The molecule has 0 aliphatic carbocycles. The number of aliphatic hydroxyl groups excluding tert-OH is 1. The first-order valence-electron chi connectivity index (χ1n) is 29.7. The van der Waals surface area contributed by atoms with Crippen LogP contribution in [0.3, 0.4) is 0 Å². The molecule has 0 bridgehead atoms. The van der Waals surface area contributed by atoms with E-state index in [1.165, 1.54) is 141 Å². The minimum atomic E-state index is -2.24. The van der Waals surface area contributed by atoms with Crippen molar-refractivity contribution in [1.29, 1.82) is 0 Å². The van der Waals surface area contributed by atoms with Crippen LogP contribution in [0.1, 0.15) is 274 Å². The number of amides is 1. The van der Waals surface area contributed by atoms with Gasteiger partial charge in [-0.15, -0.1) is 0 Å². The second-order valence-electron chi connectivity index (χ2n) is 19.9.